The Kier molecular flexibility index (Phi) is 16.2. The lowest BCUT2D eigenvalue weighted by Gasteiger charge is -2.12. The van der Waals surface area contributed by atoms with Gasteiger partial charge in [0.2, 0.25) is 0 Å². The zero-order chi connectivity index (χ0) is 18.9. The predicted octanol–water partition coefficient (Wildman–Crippen LogP) is 4.89. The standard InChI is InChI=1S/C21H44N4/c1-5-11-21(15-8-12-18(4)22)25-17-10-16-24-20(7-3)14-9-13-19(23)6-2/h16-21H,5-15,22-23H2,1-4H3. The van der Waals surface area contributed by atoms with Crippen molar-refractivity contribution in [2.24, 2.45) is 21.5 Å². The van der Waals surface area contributed by atoms with E-state index in [4.69, 9.17) is 21.5 Å². The first-order valence-electron chi connectivity index (χ1n) is 10.6. The van der Waals surface area contributed by atoms with Crippen LogP contribution in [0, 0.1) is 0 Å². The molecule has 4 N–H and O–H groups in total. The highest BCUT2D eigenvalue weighted by molar-refractivity contribution is 5.79. The Hall–Kier alpha value is -0.740. The number of hydrogen-bond acceptors (Lipinski definition) is 4. The van der Waals surface area contributed by atoms with E-state index in [1.165, 1.54) is 25.7 Å². The zero-order valence-electron chi connectivity index (χ0n) is 17.3. The Morgan fingerprint density at radius 3 is 1.92 bits per heavy atom. The SMILES string of the molecule is CCCC(CCCC(C)N)N=CCC=NC(CC)CCCC(N)CC. The molecule has 0 radical (unpaired) electrons. The smallest absolute Gasteiger partial charge is 0.0495 e. The van der Waals surface area contributed by atoms with E-state index in [-0.39, 0.29) is 0 Å². The molecular weight excluding hydrogens is 308 g/mol. The van der Waals surface area contributed by atoms with Crippen LogP contribution in [-0.4, -0.2) is 36.6 Å². The summed E-state index contributed by atoms with van der Waals surface area (Å²) >= 11 is 0. The average Bonchev–Trinajstić information content (AvgIpc) is 2.59. The molecule has 0 saturated heterocycles. The second-order valence-electron chi connectivity index (χ2n) is 7.41. The van der Waals surface area contributed by atoms with Crippen molar-refractivity contribution in [1.82, 2.24) is 0 Å². The summed E-state index contributed by atoms with van der Waals surface area (Å²) in [5, 5.41) is 0. The van der Waals surface area contributed by atoms with Gasteiger partial charge in [-0.15, -0.1) is 0 Å². The maximum atomic E-state index is 5.98. The summed E-state index contributed by atoms with van der Waals surface area (Å²) in [5.74, 6) is 0. The van der Waals surface area contributed by atoms with Crippen LogP contribution in [0.3, 0.4) is 0 Å². The Balaban J connectivity index is 4.10. The van der Waals surface area contributed by atoms with E-state index in [1.807, 2.05) is 6.21 Å². The molecule has 0 aliphatic carbocycles. The van der Waals surface area contributed by atoms with Crippen LogP contribution in [-0.2, 0) is 0 Å². The van der Waals surface area contributed by atoms with Crippen LogP contribution < -0.4 is 11.5 Å². The van der Waals surface area contributed by atoms with Gasteiger partial charge in [0.05, 0.1) is 0 Å². The van der Waals surface area contributed by atoms with Crippen LogP contribution in [0.2, 0.25) is 0 Å². The van der Waals surface area contributed by atoms with E-state index in [2.05, 4.69) is 33.9 Å². The van der Waals surface area contributed by atoms with Crippen LogP contribution in [0.1, 0.15) is 98.3 Å². The molecule has 148 valence electrons. The van der Waals surface area contributed by atoms with E-state index in [9.17, 15) is 0 Å². The van der Waals surface area contributed by atoms with Crippen molar-refractivity contribution in [1.29, 1.82) is 0 Å². The van der Waals surface area contributed by atoms with Crippen molar-refractivity contribution in [3.63, 3.8) is 0 Å². The van der Waals surface area contributed by atoms with Gasteiger partial charge >= 0.3 is 0 Å². The summed E-state index contributed by atoms with van der Waals surface area (Å²) in [5.41, 5.74) is 11.8. The van der Waals surface area contributed by atoms with Gasteiger partial charge in [0.25, 0.3) is 0 Å². The van der Waals surface area contributed by atoms with Crippen molar-refractivity contribution in [3.05, 3.63) is 0 Å². The van der Waals surface area contributed by atoms with Gasteiger partial charge in [0, 0.05) is 43.0 Å². The molecule has 0 rings (SSSR count). The fourth-order valence-corrected chi connectivity index (χ4v) is 2.97. The summed E-state index contributed by atoms with van der Waals surface area (Å²) in [4.78, 5) is 9.48. The average molecular weight is 353 g/mol. The maximum Gasteiger partial charge on any atom is 0.0495 e. The summed E-state index contributed by atoms with van der Waals surface area (Å²) in [6.45, 7) is 8.67. The topological polar surface area (TPSA) is 76.8 Å². The third kappa shape index (κ3) is 15.2. The normalized spacial score (nSPS) is 17.2. The third-order valence-electron chi connectivity index (χ3n) is 4.77. The van der Waals surface area contributed by atoms with Crippen molar-refractivity contribution in [3.8, 4) is 0 Å². The number of hydrogen-bond donors (Lipinski definition) is 2. The van der Waals surface area contributed by atoms with E-state index in [0.717, 1.165) is 44.9 Å². The summed E-state index contributed by atoms with van der Waals surface area (Å²) in [6.07, 6.45) is 16.3. The molecule has 4 atom stereocenters. The molecule has 0 bridgehead atoms. The van der Waals surface area contributed by atoms with Gasteiger partial charge in [-0.05, 0) is 64.7 Å². The van der Waals surface area contributed by atoms with Crippen LogP contribution in [0.5, 0.6) is 0 Å². The molecule has 0 aliphatic heterocycles. The van der Waals surface area contributed by atoms with Crippen molar-refractivity contribution in [2.45, 2.75) is 122 Å². The lowest BCUT2D eigenvalue weighted by Crippen LogP contribution is -2.18. The van der Waals surface area contributed by atoms with E-state index < -0.39 is 0 Å². The molecular formula is C21H44N4. The number of aliphatic imine (C=N–C) groups is 2. The van der Waals surface area contributed by atoms with Crippen molar-refractivity contribution < 1.29 is 0 Å². The largest absolute Gasteiger partial charge is 0.328 e. The van der Waals surface area contributed by atoms with E-state index >= 15 is 0 Å². The van der Waals surface area contributed by atoms with Crippen LogP contribution in [0.15, 0.2) is 9.98 Å². The molecule has 25 heavy (non-hydrogen) atoms. The van der Waals surface area contributed by atoms with Gasteiger partial charge in [-0.1, -0.05) is 27.2 Å². The second-order valence-corrected chi connectivity index (χ2v) is 7.41. The van der Waals surface area contributed by atoms with Gasteiger partial charge in [-0.2, -0.15) is 0 Å². The molecule has 0 amide bonds. The second kappa shape index (κ2) is 16.7. The summed E-state index contributed by atoms with van der Waals surface area (Å²) < 4.78 is 0. The Labute approximate surface area is 157 Å². The van der Waals surface area contributed by atoms with Gasteiger partial charge in [-0.25, -0.2) is 0 Å². The van der Waals surface area contributed by atoms with Crippen LogP contribution in [0.4, 0.5) is 0 Å². The Morgan fingerprint density at radius 2 is 1.36 bits per heavy atom. The molecule has 0 heterocycles. The maximum absolute atomic E-state index is 5.98. The highest BCUT2D eigenvalue weighted by Crippen LogP contribution is 2.12. The number of nitrogens with zero attached hydrogens (tertiary/aromatic N) is 2. The molecule has 0 aromatic carbocycles. The first-order chi connectivity index (χ1) is 12.0. The summed E-state index contributed by atoms with van der Waals surface area (Å²) in [6, 6.07) is 1.55. The monoisotopic (exact) mass is 352 g/mol. The Morgan fingerprint density at radius 1 is 0.760 bits per heavy atom. The molecule has 0 spiro atoms. The van der Waals surface area contributed by atoms with E-state index in [1.54, 1.807) is 0 Å². The van der Waals surface area contributed by atoms with Gasteiger partial charge < -0.3 is 11.5 Å². The minimum Gasteiger partial charge on any atom is -0.328 e. The Bertz CT molecular complexity index is 339. The number of rotatable bonds is 16. The molecule has 0 aromatic rings. The molecule has 0 saturated carbocycles. The van der Waals surface area contributed by atoms with Gasteiger partial charge in [-0.3, -0.25) is 9.98 Å². The minimum absolute atomic E-state index is 0.302. The minimum atomic E-state index is 0.302. The number of nitrogens with two attached hydrogens (primary N) is 2. The lowest BCUT2D eigenvalue weighted by molar-refractivity contribution is 0.504. The molecule has 0 aliphatic rings. The molecule has 4 heteroatoms. The lowest BCUT2D eigenvalue weighted by atomic mass is 10.0. The quantitative estimate of drug-likeness (QED) is 0.388. The first kappa shape index (κ1) is 24.3. The highest BCUT2D eigenvalue weighted by Gasteiger charge is 2.06. The van der Waals surface area contributed by atoms with Crippen LogP contribution >= 0.6 is 0 Å². The van der Waals surface area contributed by atoms with E-state index in [0.29, 0.717) is 24.2 Å². The molecule has 0 fully saturated rings. The van der Waals surface area contributed by atoms with Gasteiger partial charge in [0.15, 0.2) is 0 Å². The zero-order valence-corrected chi connectivity index (χ0v) is 17.3. The first-order valence-corrected chi connectivity index (χ1v) is 10.6. The molecule has 4 nitrogen and oxygen atoms in total. The summed E-state index contributed by atoms with van der Waals surface area (Å²) in [7, 11) is 0. The van der Waals surface area contributed by atoms with Crippen LogP contribution in [0.25, 0.3) is 0 Å². The third-order valence-corrected chi connectivity index (χ3v) is 4.77. The molecule has 0 aromatic heterocycles. The van der Waals surface area contributed by atoms with Gasteiger partial charge in [0.1, 0.15) is 0 Å². The molecule has 4 unspecified atom stereocenters. The fourth-order valence-electron chi connectivity index (χ4n) is 2.97. The van der Waals surface area contributed by atoms with Crippen molar-refractivity contribution >= 4 is 12.4 Å². The van der Waals surface area contributed by atoms with Crippen molar-refractivity contribution in [2.75, 3.05) is 0 Å². The fraction of sp³-hybridized carbons (Fsp3) is 0.905. The highest BCUT2D eigenvalue weighted by atomic mass is 14.8. The predicted molar refractivity (Wildman–Crippen MR) is 114 cm³/mol.